The first kappa shape index (κ1) is 24.9. The summed E-state index contributed by atoms with van der Waals surface area (Å²) in [5, 5.41) is 12.3. The molecule has 1 aliphatic heterocycles. The van der Waals surface area contributed by atoms with Gasteiger partial charge in [-0.1, -0.05) is 13.8 Å². The van der Waals surface area contributed by atoms with Crippen LogP contribution >= 0.6 is 0 Å². The van der Waals surface area contributed by atoms with Gasteiger partial charge in [0.1, 0.15) is 13.3 Å². The van der Waals surface area contributed by atoms with Crippen LogP contribution in [0.2, 0.25) is 1.41 Å². The largest absolute Gasteiger partial charge is 0.355 e. The quantitative estimate of drug-likeness (QED) is 0.432. The van der Waals surface area contributed by atoms with Crippen molar-refractivity contribution in [3.8, 4) is 23.0 Å². The summed E-state index contributed by atoms with van der Waals surface area (Å²) in [5.74, 6) is 0.461. The molecule has 0 unspecified atom stereocenters. The molecule has 1 N–H and O–H groups in total. The molecule has 1 fully saturated rings. The maximum absolute atomic E-state index is 13.9. The summed E-state index contributed by atoms with van der Waals surface area (Å²) < 4.78 is 11.0. The third-order valence-corrected chi connectivity index (χ3v) is 7.23. The summed E-state index contributed by atoms with van der Waals surface area (Å²) >= 11 is 0. The molecule has 0 spiro atoms. The molecule has 4 aromatic rings. The molecule has 4 aromatic heterocycles. The van der Waals surface area contributed by atoms with E-state index in [1.807, 2.05) is 38.7 Å². The van der Waals surface area contributed by atoms with E-state index in [1.165, 1.54) is 14.4 Å². The van der Waals surface area contributed by atoms with E-state index in [0.717, 1.165) is 11.3 Å². The van der Waals surface area contributed by atoms with Gasteiger partial charge in [-0.2, -0.15) is 10.2 Å². The number of hydrogen-bond donors (Lipinski definition) is 1. The predicted molar refractivity (Wildman–Crippen MR) is 152 cm³/mol. The molecular weight excluding hydrogens is 492 g/mol. The molecule has 200 valence electrons. The molecule has 0 radical (unpaired) electrons. The SMILES string of the molecule is [2H]N1CCN(c2nc(=O)n(-c3c(C)ccnc3C(C)C)c3nc(-c4cc(C)c(=O)n(C)c4)c(C#N)cc23)[C@@H](C)C1. The number of nitriles is 1. The highest BCUT2D eigenvalue weighted by atomic mass is 16.1. The van der Waals surface area contributed by atoms with E-state index >= 15 is 0 Å². The summed E-state index contributed by atoms with van der Waals surface area (Å²) in [7, 11) is 1.66. The lowest BCUT2D eigenvalue weighted by atomic mass is 10.0. The summed E-state index contributed by atoms with van der Waals surface area (Å²) in [5.41, 5.74) is 3.71. The highest BCUT2D eigenvalue weighted by molar-refractivity contribution is 5.92. The average molecular weight is 526 g/mol. The maximum atomic E-state index is 13.9. The van der Waals surface area contributed by atoms with E-state index < -0.39 is 5.69 Å². The average Bonchev–Trinajstić information content (AvgIpc) is 2.91. The van der Waals surface area contributed by atoms with Crippen LogP contribution in [0.15, 0.2) is 40.2 Å². The number of hydrogen-bond acceptors (Lipinski definition) is 8. The van der Waals surface area contributed by atoms with E-state index in [4.69, 9.17) is 6.40 Å². The third-order valence-electron chi connectivity index (χ3n) is 7.23. The normalized spacial score (nSPS) is 16.5. The van der Waals surface area contributed by atoms with Crippen LogP contribution in [0.25, 0.3) is 28.0 Å². The molecule has 10 nitrogen and oxygen atoms in total. The van der Waals surface area contributed by atoms with Gasteiger partial charge < -0.3 is 14.8 Å². The number of aromatic nitrogens is 5. The zero-order valence-corrected chi connectivity index (χ0v) is 23.1. The topological polar surface area (TPSA) is 122 Å². The summed E-state index contributed by atoms with van der Waals surface area (Å²) in [6.45, 7) is 11.1. The second-order valence-corrected chi connectivity index (χ2v) is 10.4. The van der Waals surface area contributed by atoms with Crippen LogP contribution in [-0.4, -0.2) is 49.8 Å². The number of fused-ring (bicyclic) bond motifs is 1. The molecule has 5 heterocycles. The highest BCUT2D eigenvalue weighted by Crippen LogP contribution is 2.33. The second kappa shape index (κ2) is 10.1. The van der Waals surface area contributed by atoms with Crippen molar-refractivity contribution in [3.63, 3.8) is 0 Å². The summed E-state index contributed by atoms with van der Waals surface area (Å²) in [4.78, 5) is 42.5. The van der Waals surface area contributed by atoms with Crippen molar-refractivity contribution in [2.75, 3.05) is 24.5 Å². The number of aryl methyl sites for hydroxylation is 3. The Bertz CT molecular complexity index is 1780. The Labute approximate surface area is 228 Å². The Kier molecular flexibility index (Phi) is 6.45. The molecular formula is C29H32N8O2. The highest BCUT2D eigenvalue weighted by Gasteiger charge is 2.27. The smallest absolute Gasteiger partial charge is 0.351 e. The molecule has 0 saturated carbocycles. The van der Waals surface area contributed by atoms with Crippen LogP contribution in [-0.2, 0) is 7.05 Å². The van der Waals surface area contributed by atoms with Crippen molar-refractivity contribution >= 4 is 16.9 Å². The molecule has 10 heteroatoms. The number of rotatable bonds is 4. The molecule has 5 rings (SSSR count). The zero-order chi connectivity index (χ0) is 28.9. The van der Waals surface area contributed by atoms with Gasteiger partial charge in [-0.15, -0.1) is 0 Å². The Morgan fingerprint density at radius 1 is 1.21 bits per heavy atom. The van der Waals surface area contributed by atoms with Gasteiger partial charge in [0.2, 0.25) is 0 Å². The van der Waals surface area contributed by atoms with Crippen molar-refractivity contribution in [1.29, 1.82) is 5.26 Å². The molecule has 0 aromatic carbocycles. The lowest BCUT2D eigenvalue weighted by molar-refractivity contribution is 0.497. The number of nitrogens with zero attached hydrogens (tertiary/aromatic N) is 7. The monoisotopic (exact) mass is 525 g/mol. The fraction of sp³-hybridized carbons (Fsp3) is 0.379. The van der Waals surface area contributed by atoms with Crippen molar-refractivity contribution in [2.24, 2.45) is 7.05 Å². The number of pyridine rings is 3. The van der Waals surface area contributed by atoms with Crippen LogP contribution in [0.3, 0.4) is 0 Å². The molecule has 1 saturated heterocycles. The molecule has 0 bridgehead atoms. The predicted octanol–water partition coefficient (Wildman–Crippen LogP) is 2.95. The van der Waals surface area contributed by atoms with Crippen molar-refractivity contribution < 1.29 is 1.41 Å². The molecule has 0 aliphatic carbocycles. The Morgan fingerprint density at radius 3 is 2.64 bits per heavy atom. The van der Waals surface area contributed by atoms with Gasteiger partial charge in [0.15, 0.2) is 5.65 Å². The molecule has 1 atom stereocenters. The minimum atomic E-state index is -0.499. The van der Waals surface area contributed by atoms with Gasteiger partial charge in [0, 0.05) is 56.2 Å². The first-order valence-corrected chi connectivity index (χ1v) is 13.0. The first-order chi connectivity index (χ1) is 19.0. The van der Waals surface area contributed by atoms with Crippen LogP contribution in [0, 0.1) is 25.2 Å². The van der Waals surface area contributed by atoms with E-state index in [-0.39, 0.29) is 17.5 Å². The van der Waals surface area contributed by atoms with Crippen LogP contribution < -0.4 is 21.5 Å². The minimum Gasteiger partial charge on any atom is -0.351 e. The minimum absolute atomic E-state index is 0.0193. The fourth-order valence-electron chi connectivity index (χ4n) is 5.24. The van der Waals surface area contributed by atoms with Crippen LogP contribution in [0.1, 0.15) is 49.1 Å². The van der Waals surface area contributed by atoms with Crippen molar-refractivity contribution in [2.45, 2.75) is 46.6 Å². The summed E-state index contributed by atoms with van der Waals surface area (Å²) in [6, 6.07) is 7.48. The lowest BCUT2D eigenvalue weighted by Gasteiger charge is -2.35. The van der Waals surface area contributed by atoms with Gasteiger partial charge in [-0.05, 0) is 50.5 Å². The standard InChI is InChI=1S/C29H32N8O2/c1-16(2)23-25(17(3)7-8-32-23)37-27-22(26(34-29(37)39)36-10-9-31-14-19(36)5)12-20(13-30)24(33-27)21-11-18(4)28(38)35(6)15-21/h7-8,11-12,15-16,19,31H,9-10,14H2,1-6H3/t19-/m0/s1/i/hD. The number of nitrogens with one attached hydrogen (secondary N) is 1. The van der Waals surface area contributed by atoms with Crippen molar-refractivity contribution in [3.05, 3.63) is 73.8 Å². The van der Waals surface area contributed by atoms with E-state index in [0.29, 0.717) is 64.6 Å². The van der Waals surface area contributed by atoms with Gasteiger partial charge in [-0.3, -0.25) is 9.78 Å². The number of anilines is 1. The van der Waals surface area contributed by atoms with E-state index in [9.17, 15) is 14.9 Å². The van der Waals surface area contributed by atoms with Crippen LogP contribution in [0.5, 0.6) is 0 Å². The Balaban J connectivity index is 1.92. The molecule has 1 aliphatic rings. The zero-order valence-electron chi connectivity index (χ0n) is 24.1. The van der Waals surface area contributed by atoms with Crippen LogP contribution in [0.4, 0.5) is 5.82 Å². The third kappa shape index (κ3) is 4.49. The van der Waals surface area contributed by atoms with Gasteiger partial charge in [0.05, 0.1) is 28.0 Å². The second-order valence-electron chi connectivity index (χ2n) is 10.4. The van der Waals surface area contributed by atoms with Gasteiger partial charge in [0.25, 0.3) is 5.56 Å². The van der Waals surface area contributed by atoms with Gasteiger partial charge >= 0.3 is 5.69 Å². The summed E-state index contributed by atoms with van der Waals surface area (Å²) in [6.07, 6.45) is 3.38. The lowest BCUT2D eigenvalue weighted by Crippen LogP contribution is -2.50. The van der Waals surface area contributed by atoms with Crippen molar-refractivity contribution in [1.82, 2.24) is 29.4 Å². The van der Waals surface area contributed by atoms with E-state index in [1.54, 1.807) is 38.5 Å². The molecule has 39 heavy (non-hydrogen) atoms. The van der Waals surface area contributed by atoms with Gasteiger partial charge in [-0.25, -0.2) is 14.3 Å². The first-order valence-electron chi connectivity index (χ1n) is 13.5. The fourth-order valence-corrected chi connectivity index (χ4v) is 5.24. The Morgan fingerprint density at radius 2 is 1.97 bits per heavy atom. The maximum Gasteiger partial charge on any atom is 0.355 e. The Hall–Kier alpha value is -4.36. The van der Waals surface area contributed by atoms with E-state index in [2.05, 4.69) is 16.0 Å². The number of piperazine rings is 1. The molecule has 0 amide bonds.